The van der Waals surface area contributed by atoms with Crippen molar-refractivity contribution in [2.75, 3.05) is 9.80 Å². The quantitative estimate of drug-likeness (QED) is 0.166. The Balaban J connectivity index is 1.14. The van der Waals surface area contributed by atoms with Crippen molar-refractivity contribution in [2.45, 2.75) is 90.5 Å². The summed E-state index contributed by atoms with van der Waals surface area (Å²) in [4.78, 5) is 5.32. The number of furan rings is 1. The highest BCUT2D eigenvalue weighted by Gasteiger charge is 2.58. The molecule has 3 aromatic heterocycles. The van der Waals surface area contributed by atoms with E-state index in [9.17, 15) is 0 Å². The predicted molar refractivity (Wildman–Crippen MR) is 276 cm³/mol. The van der Waals surface area contributed by atoms with Gasteiger partial charge in [-0.25, -0.2) is 0 Å². The number of aryl methyl sites for hydroxylation is 1. The summed E-state index contributed by atoms with van der Waals surface area (Å²) in [6.45, 7) is 21.1. The number of benzene rings is 6. The number of para-hydroxylation sites is 3. The van der Waals surface area contributed by atoms with Crippen LogP contribution < -0.4 is 35.9 Å². The molecular formula is C58H52BN3OS. The molecular weight excluding hydrogens is 798 g/mol. The molecule has 1 fully saturated rings. The zero-order valence-electron chi connectivity index (χ0n) is 37.9. The van der Waals surface area contributed by atoms with Gasteiger partial charge in [0.15, 0.2) is 5.58 Å². The first kappa shape index (κ1) is 38.2. The maximum Gasteiger partial charge on any atom is 0.252 e. The molecule has 9 aromatic rings. The summed E-state index contributed by atoms with van der Waals surface area (Å²) in [6.07, 6.45) is 11.3. The van der Waals surface area contributed by atoms with Crippen molar-refractivity contribution < 1.29 is 4.42 Å². The van der Waals surface area contributed by atoms with E-state index in [0.717, 1.165) is 38.6 Å². The lowest BCUT2D eigenvalue weighted by atomic mass is 9.33. The first-order chi connectivity index (χ1) is 30.9. The van der Waals surface area contributed by atoms with Crippen molar-refractivity contribution in [1.29, 1.82) is 0 Å². The number of allylic oxidation sites excluding steroid dienone is 2. The molecule has 4 aliphatic rings. The first-order valence-corrected chi connectivity index (χ1v) is 24.1. The standard InChI is InChI=1S/C58H52BN3OS/c1-9-10-17-38-35(3)64-55-41-20-15-21-44-52(41)61(53(38)55)49-31-34(2)30-48-51(49)59(44)43-26-25-37(33-47(43)60(48)46-22-16-19-40-39-18-11-12-23-50(39)63-54(40)46)62-45-27-24-36(56(4,5)6)32-42(45)57(7)28-13-14-29-58(57,62)8/h9-12,15-27,30-33H,3,13-14,28-29H2,1-2,4-8H3/b10-9-,38-17+. The highest BCUT2D eigenvalue weighted by molar-refractivity contribution is 7.18. The van der Waals surface area contributed by atoms with Gasteiger partial charge >= 0.3 is 0 Å². The number of aromatic nitrogens is 1. The topological polar surface area (TPSA) is 24.6 Å². The molecule has 2 atom stereocenters. The van der Waals surface area contributed by atoms with Gasteiger partial charge < -0.3 is 18.8 Å². The molecule has 2 unspecified atom stereocenters. The Morgan fingerprint density at radius 3 is 2.38 bits per heavy atom. The van der Waals surface area contributed by atoms with Crippen molar-refractivity contribution in [3.05, 3.63) is 148 Å². The van der Waals surface area contributed by atoms with E-state index in [4.69, 9.17) is 4.42 Å². The fourth-order valence-electron chi connectivity index (χ4n) is 12.7. The van der Waals surface area contributed by atoms with Crippen LogP contribution in [0.2, 0.25) is 0 Å². The fraction of sp³-hybridized carbons (Fsp3) is 0.241. The maximum absolute atomic E-state index is 6.94. The Kier molecular flexibility index (Phi) is 7.74. The lowest BCUT2D eigenvalue weighted by Crippen LogP contribution is -2.60. The molecule has 13 rings (SSSR count). The highest BCUT2D eigenvalue weighted by Crippen LogP contribution is 2.61. The lowest BCUT2D eigenvalue weighted by molar-refractivity contribution is 0.195. The van der Waals surface area contributed by atoms with Crippen LogP contribution in [-0.4, -0.2) is 16.8 Å². The normalized spacial score (nSPS) is 20.3. The van der Waals surface area contributed by atoms with Gasteiger partial charge in [0, 0.05) is 59.8 Å². The van der Waals surface area contributed by atoms with E-state index in [1.165, 1.54) is 107 Å². The number of nitrogens with zero attached hydrogens (tertiary/aromatic N) is 3. The third-order valence-electron chi connectivity index (χ3n) is 16.0. The summed E-state index contributed by atoms with van der Waals surface area (Å²) >= 11 is 1.82. The Labute approximate surface area is 379 Å². The van der Waals surface area contributed by atoms with E-state index in [1.807, 2.05) is 11.3 Å². The Bertz CT molecular complexity index is 3670. The monoisotopic (exact) mass is 849 g/mol. The average Bonchev–Trinajstić information content (AvgIpc) is 3.98. The summed E-state index contributed by atoms with van der Waals surface area (Å²) in [5, 5.41) is 4.77. The van der Waals surface area contributed by atoms with Gasteiger partial charge in [0.1, 0.15) is 5.58 Å². The number of hydrogen-bond donors (Lipinski definition) is 0. The molecule has 0 spiro atoms. The number of fused-ring (bicyclic) bond motifs is 13. The summed E-state index contributed by atoms with van der Waals surface area (Å²) in [5.41, 5.74) is 19.8. The highest BCUT2D eigenvalue weighted by atomic mass is 32.1. The Hall–Kier alpha value is -6.24. The minimum Gasteiger partial charge on any atom is -0.454 e. The number of thiophene rings is 1. The van der Waals surface area contributed by atoms with Crippen LogP contribution in [0.4, 0.5) is 28.4 Å². The molecule has 64 heavy (non-hydrogen) atoms. The van der Waals surface area contributed by atoms with Crippen LogP contribution in [0.5, 0.6) is 0 Å². The second-order valence-electron chi connectivity index (χ2n) is 20.5. The van der Waals surface area contributed by atoms with Crippen LogP contribution in [0.25, 0.3) is 61.4 Å². The van der Waals surface area contributed by atoms with Gasteiger partial charge in [0.2, 0.25) is 0 Å². The molecule has 3 aliphatic heterocycles. The molecule has 6 heterocycles. The minimum atomic E-state index is -0.0874. The van der Waals surface area contributed by atoms with Crippen molar-refractivity contribution in [3.63, 3.8) is 0 Å². The zero-order valence-corrected chi connectivity index (χ0v) is 38.7. The van der Waals surface area contributed by atoms with Gasteiger partial charge in [-0.3, -0.25) is 0 Å². The van der Waals surface area contributed by atoms with Gasteiger partial charge in [-0.15, -0.1) is 11.3 Å². The summed E-state index contributed by atoms with van der Waals surface area (Å²) in [7, 11) is 0. The van der Waals surface area contributed by atoms with Crippen LogP contribution in [0.3, 0.4) is 0 Å². The molecule has 314 valence electrons. The Morgan fingerprint density at radius 2 is 1.53 bits per heavy atom. The van der Waals surface area contributed by atoms with E-state index in [-0.39, 0.29) is 23.1 Å². The summed E-state index contributed by atoms with van der Waals surface area (Å²) in [5.74, 6) is 0. The number of rotatable bonds is 3. The second-order valence-corrected chi connectivity index (χ2v) is 21.6. The molecule has 0 amide bonds. The van der Waals surface area contributed by atoms with E-state index in [1.54, 1.807) is 0 Å². The molecule has 0 radical (unpaired) electrons. The van der Waals surface area contributed by atoms with Crippen LogP contribution in [0, 0.1) is 6.92 Å². The van der Waals surface area contributed by atoms with Crippen molar-refractivity contribution in [3.8, 4) is 5.69 Å². The average molecular weight is 850 g/mol. The molecule has 1 aliphatic carbocycles. The summed E-state index contributed by atoms with van der Waals surface area (Å²) in [6, 6.07) is 41.9. The number of anilines is 5. The SMILES string of the molecule is C=c1sc2c3cccc4c3n(c2/c1=C/C=C\C)-c1cc(C)cc2c1B4c1ccc(N3c4ccc(C(C)(C)C)cc4C4(C)CCCCC34C)cc1N2c1cccc2c1oc1ccccc12. The smallest absolute Gasteiger partial charge is 0.252 e. The zero-order chi connectivity index (χ0) is 43.6. The van der Waals surface area contributed by atoms with E-state index in [0.29, 0.717) is 0 Å². The van der Waals surface area contributed by atoms with E-state index in [2.05, 4.69) is 197 Å². The third kappa shape index (κ3) is 4.79. The van der Waals surface area contributed by atoms with Gasteiger partial charge in [-0.2, -0.15) is 0 Å². The maximum atomic E-state index is 6.94. The second kappa shape index (κ2) is 12.9. The first-order valence-electron chi connectivity index (χ1n) is 23.2. The lowest BCUT2D eigenvalue weighted by Gasteiger charge is -2.50. The van der Waals surface area contributed by atoms with Gasteiger partial charge in [-0.1, -0.05) is 132 Å². The molecule has 0 bridgehead atoms. The van der Waals surface area contributed by atoms with Crippen LogP contribution in [-0.2, 0) is 10.8 Å². The number of hydrogen-bond acceptors (Lipinski definition) is 4. The van der Waals surface area contributed by atoms with Crippen molar-refractivity contribution >= 4 is 119 Å². The molecule has 1 saturated carbocycles. The van der Waals surface area contributed by atoms with Gasteiger partial charge in [-0.05, 0) is 115 Å². The molecule has 4 nitrogen and oxygen atoms in total. The molecule has 6 aromatic carbocycles. The van der Waals surface area contributed by atoms with E-state index < -0.39 is 0 Å². The van der Waals surface area contributed by atoms with Gasteiger partial charge in [0.05, 0.1) is 27.0 Å². The summed E-state index contributed by atoms with van der Waals surface area (Å²) < 4.78 is 11.9. The van der Waals surface area contributed by atoms with Crippen molar-refractivity contribution in [1.82, 2.24) is 4.57 Å². The molecule has 0 N–H and O–H groups in total. The largest absolute Gasteiger partial charge is 0.454 e. The molecule has 0 saturated heterocycles. The van der Waals surface area contributed by atoms with Crippen LogP contribution in [0.1, 0.15) is 83.9 Å². The van der Waals surface area contributed by atoms with Crippen LogP contribution in [0.15, 0.2) is 126 Å². The fourth-order valence-corrected chi connectivity index (χ4v) is 13.8. The Morgan fingerprint density at radius 1 is 0.750 bits per heavy atom. The third-order valence-corrected chi connectivity index (χ3v) is 17.1. The molecule has 6 heteroatoms. The predicted octanol–water partition coefficient (Wildman–Crippen LogP) is 12.5. The van der Waals surface area contributed by atoms with Crippen LogP contribution >= 0.6 is 11.3 Å². The minimum absolute atomic E-state index is 0.0181. The van der Waals surface area contributed by atoms with E-state index >= 15 is 0 Å². The van der Waals surface area contributed by atoms with Crippen molar-refractivity contribution in [2.24, 2.45) is 0 Å². The van der Waals surface area contributed by atoms with Gasteiger partial charge in [0.25, 0.3) is 6.71 Å².